The van der Waals surface area contributed by atoms with Crippen molar-refractivity contribution in [3.8, 4) is 0 Å². The molecule has 6 nitrogen and oxygen atoms in total. The van der Waals surface area contributed by atoms with Crippen LogP contribution in [0.25, 0.3) is 0 Å². The Hall–Kier alpha value is -2.08. The molecular weight excluding hydrogens is 328 g/mol. The molecule has 0 spiro atoms. The fourth-order valence-electron chi connectivity index (χ4n) is 3.69. The van der Waals surface area contributed by atoms with Crippen LogP contribution in [-0.2, 0) is 4.79 Å². The van der Waals surface area contributed by atoms with Crippen LogP contribution in [0, 0.1) is 13.8 Å². The van der Waals surface area contributed by atoms with Crippen LogP contribution in [0.5, 0.6) is 0 Å². The standard InChI is InChI=1S/C20H30N4O2/c1-15-6-7-18(12-16(15)2)24-14-17(13-19(24)25)22-20(26)21-8-5-11-23-9-3-4-10-23/h6-7,12,17H,3-5,8-11,13-14H2,1-2H3,(H2,21,22,26)/t17-/m1/s1. The fraction of sp³-hybridized carbons (Fsp3) is 0.600. The van der Waals surface area contributed by atoms with Crippen LogP contribution in [0.3, 0.4) is 0 Å². The Morgan fingerprint density at radius 2 is 1.96 bits per heavy atom. The summed E-state index contributed by atoms with van der Waals surface area (Å²) < 4.78 is 0. The van der Waals surface area contributed by atoms with Crippen molar-refractivity contribution in [3.63, 3.8) is 0 Å². The normalized spacial score (nSPS) is 20.6. The lowest BCUT2D eigenvalue weighted by atomic mass is 10.1. The van der Waals surface area contributed by atoms with Crippen molar-refractivity contribution < 1.29 is 9.59 Å². The summed E-state index contributed by atoms with van der Waals surface area (Å²) in [7, 11) is 0. The number of carbonyl (C=O) groups is 2. The molecule has 3 rings (SSSR count). The lowest BCUT2D eigenvalue weighted by Gasteiger charge is -2.19. The zero-order valence-electron chi connectivity index (χ0n) is 15.9. The lowest BCUT2D eigenvalue weighted by molar-refractivity contribution is -0.117. The van der Waals surface area contributed by atoms with Crippen LogP contribution < -0.4 is 15.5 Å². The smallest absolute Gasteiger partial charge is 0.315 e. The summed E-state index contributed by atoms with van der Waals surface area (Å²) in [4.78, 5) is 28.6. The van der Waals surface area contributed by atoms with E-state index in [1.54, 1.807) is 4.90 Å². The van der Waals surface area contributed by atoms with Gasteiger partial charge in [0.15, 0.2) is 0 Å². The Morgan fingerprint density at radius 3 is 2.69 bits per heavy atom. The number of hydrogen-bond acceptors (Lipinski definition) is 3. The van der Waals surface area contributed by atoms with Crippen LogP contribution >= 0.6 is 0 Å². The first-order valence-electron chi connectivity index (χ1n) is 9.67. The first kappa shape index (κ1) is 18.7. The fourth-order valence-corrected chi connectivity index (χ4v) is 3.69. The minimum absolute atomic E-state index is 0.0626. The van der Waals surface area contributed by atoms with Gasteiger partial charge in [0.2, 0.25) is 5.91 Å². The van der Waals surface area contributed by atoms with Crippen LogP contribution in [0.15, 0.2) is 18.2 Å². The highest BCUT2D eigenvalue weighted by molar-refractivity contribution is 5.96. The Morgan fingerprint density at radius 1 is 1.19 bits per heavy atom. The van der Waals surface area contributed by atoms with Crippen molar-refractivity contribution in [2.45, 2.75) is 45.6 Å². The highest BCUT2D eigenvalue weighted by Crippen LogP contribution is 2.24. The molecule has 1 aromatic carbocycles. The van der Waals surface area contributed by atoms with Gasteiger partial charge >= 0.3 is 6.03 Å². The Bertz CT molecular complexity index is 655. The molecule has 0 bridgehead atoms. The molecule has 2 N–H and O–H groups in total. The van der Waals surface area contributed by atoms with E-state index in [2.05, 4.69) is 22.5 Å². The number of anilines is 1. The average Bonchev–Trinajstić information content (AvgIpc) is 3.24. The largest absolute Gasteiger partial charge is 0.338 e. The number of likely N-dealkylation sites (tertiary alicyclic amines) is 1. The first-order valence-corrected chi connectivity index (χ1v) is 9.67. The number of aryl methyl sites for hydroxylation is 2. The summed E-state index contributed by atoms with van der Waals surface area (Å²) in [5.74, 6) is 0.0626. The molecule has 26 heavy (non-hydrogen) atoms. The van der Waals surface area contributed by atoms with E-state index < -0.39 is 0 Å². The third-order valence-corrected chi connectivity index (χ3v) is 5.40. The highest BCUT2D eigenvalue weighted by Gasteiger charge is 2.31. The first-order chi connectivity index (χ1) is 12.5. The van der Waals surface area contributed by atoms with E-state index in [1.165, 1.54) is 37.1 Å². The van der Waals surface area contributed by atoms with Gasteiger partial charge in [-0.25, -0.2) is 4.79 Å². The summed E-state index contributed by atoms with van der Waals surface area (Å²) in [6.45, 7) is 8.72. The van der Waals surface area contributed by atoms with Gasteiger partial charge in [0.25, 0.3) is 0 Å². The molecule has 2 fully saturated rings. The number of benzene rings is 1. The molecule has 0 radical (unpaired) electrons. The van der Waals surface area contributed by atoms with E-state index in [0.717, 1.165) is 18.7 Å². The van der Waals surface area contributed by atoms with Crippen LogP contribution in [0.1, 0.15) is 36.8 Å². The Labute approximate surface area is 155 Å². The van der Waals surface area contributed by atoms with Crippen molar-refractivity contribution in [3.05, 3.63) is 29.3 Å². The predicted molar refractivity (Wildman–Crippen MR) is 103 cm³/mol. The second-order valence-electron chi connectivity index (χ2n) is 7.48. The molecular formula is C20H30N4O2. The number of hydrogen-bond donors (Lipinski definition) is 2. The third-order valence-electron chi connectivity index (χ3n) is 5.40. The zero-order chi connectivity index (χ0) is 18.5. The number of urea groups is 1. The van der Waals surface area contributed by atoms with Gasteiger partial charge in [0, 0.05) is 25.2 Å². The van der Waals surface area contributed by atoms with E-state index in [1.807, 2.05) is 25.1 Å². The molecule has 3 amide bonds. The maximum absolute atomic E-state index is 12.3. The third kappa shape index (κ3) is 4.75. The van der Waals surface area contributed by atoms with Crippen molar-refractivity contribution in [2.75, 3.05) is 37.6 Å². The van der Waals surface area contributed by atoms with E-state index in [4.69, 9.17) is 0 Å². The van der Waals surface area contributed by atoms with E-state index in [-0.39, 0.29) is 18.0 Å². The van der Waals surface area contributed by atoms with Crippen molar-refractivity contribution in [1.29, 1.82) is 0 Å². The van der Waals surface area contributed by atoms with Gasteiger partial charge in [0.05, 0.1) is 6.04 Å². The maximum Gasteiger partial charge on any atom is 0.315 e. The number of amides is 3. The second kappa shape index (κ2) is 8.54. The zero-order valence-corrected chi connectivity index (χ0v) is 15.9. The minimum Gasteiger partial charge on any atom is -0.338 e. The van der Waals surface area contributed by atoms with Crippen molar-refractivity contribution in [1.82, 2.24) is 15.5 Å². The van der Waals surface area contributed by atoms with Gasteiger partial charge in [-0.2, -0.15) is 0 Å². The summed E-state index contributed by atoms with van der Waals surface area (Å²) in [6, 6.07) is 5.73. The number of carbonyl (C=O) groups excluding carboxylic acids is 2. The predicted octanol–water partition coefficient (Wildman–Crippen LogP) is 2.19. The van der Waals surface area contributed by atoms with Gasteiger partial charge in [0.1, 0.15) is 0 Å². The molecule has 2 aliphatic rings. The van der Waals surface area contributed by atoms with Gasteiger partial charge < -0.3 is 20.4 Å². The van der Waals surface area contributed by atoms with Crippen LogP contribution in [-0.4, -0.2) is 55.6 Å². The number of nitrogens with one attached hydrogen (secondary N) is 2. The Balaban J connectivity index is 1.41. The molecule has 2 heterocycles. The molecule has 1 atom stereocenters. The van der Waals surface area contributed by atoms with Gasteiger partial charge in [-0.3, -0.25) is 4.79 Å². The van der Waals surface area contributed by atoms with E-state index in [0.29, 0.717) is 19.5 Å². The van der Waals surface area contributed by atoms with E-state index in [9.17, 15) is 9.59 Å². The number of rotatable bonds is 6. The van der Waals surface area contributed by atoms with Crippen LogP contribution in [0.4, 0.5) is 10.5 Å². The molecule has 0 saturated carbocycles. The van der Waals surface area contributed by atoms with Gasteiger partial charge in [-0.05, 0) is 76.0 Å². The number of nitrogens with zero attached hydrogens (tertiary/aromatic N) is 2. The molecule has 2 aliphatic heterocycles. The average molecular weight is 358 g/mol. The molecule has 0 unspecified atom stereocenters. The summed E-state index contributed by atoms with van der Waals surface area (Å²) >= 11 is 0. The lowest BCUT2D eigenvalue weighted by Crippen LogP contribution is -2.44. The Kier molecular flexibility index (Phi) is 6.14. The summed E-state index contributed by atoms with van der Waals surface area (Å²) in [5.41, 5.74) is 3.29. The monoisotopic (exact) mass is 358 g/mol. The SMILES string of the molecule is Cc1ccc(N2C[C@H](NC(=O)NCCCN3CCCC3)CC2=O)cc1C. The molecule has 1 aromatic rings. The summed E-state index contributed by atoms with van der Waals surface area (Å²) in [5, 5.41) is 5.85. The topological polar surface area (TPSA) is 64.7 Å². The molecule has 0 aliphatic carbocycles. The van der Waals surface area contributed by atoms with Crippen molar-refractivity contribution >= 4 is 17.6 Å². The molecule has 6 heteroatoms. The molecule has 142 valence electrons. The van der Waals surface area contributed by atoms with Gasteiger partial charge in [-0.1, -0.05) is 6.07 Å². The van der Waals surface area contributed by atoms with E-state index >= 15 is 0 Å². The van der Waals surface area contributed by atoms with Gasteiger partial charge in [-0.15, -0.1) is 0 Å². The summed E-state index contributed by atoms with van der Waals surface area (Å²) in [6.07, 6.45) is 3.90. The maximum atomic E-state index is 12.3. The molecule has 2 saturated heterocycles. The second-order valence-corrected chi connectivity index (χ2v) is 7.48. The quantitative estimate of drug-likeness (QED) is 0.766. The van der Waals surface area contributed by atoms with Crippen molar-refractivity contribution in [2.24, 2.45) is 0 Å². The minimum atomic E-state index is -0.175. The highest BCUT2D eigenvalue weighted by atomic mass is 16.2. The molecule has 0 aromatic heterocycles. The van der Waals surface area contributed by atoms with Crippen LogP contribution in [0.2, 0.25) is 0 Å².